The van der Waals surface area contributed by atoms with Gasteiger partial charge in [0.15, 0.2) is 0 Å². The summed E-state index contributed by atoms with van der Waals surface area (Å²) in [5, 5.41) is 5.93. The lowest BCUT2D eigenvalue weighted by atomic mass is 10.1. The topological polar surface area (TPSA) is 88.2 Å². The fourth-order valence-corrected chi connectivity index (χ4v) is 2.87. The molecule has 3 rings (SSSR count). The summed E-state index contributed by atoms with van der Waals surface area (Å²) in [5.74, 6) is -0.638. The molecule has 2 heterocycles. The van der Waals surface area contributed by atoms with Gasteiger partial charge in [-0.1, -0.05) is 18.2 Å². The van der Waals surface area contributed by atoms with Crippen molar-refractivity contribution < 1.29 is 14.3 Å². The van der Waals surface area contributed by atoms with E-state index in [-0.39, 0.29) is 18.4 Å². The van der Waals surface area contributed by atoms with Crippen molar-refractivity contribution in [3.63, 3.8) is 0 Å². The molecule has 2 aliphatic rings. The fourth-order valence-electron chi connectivity index (χ4n) is 2.87. The number of nitrogens with zero attached hydrogens (tertiary/aromatic N) is 3. The molecule has 0 saturated carbocycles. The first-order chi connectivity index (χ1) is 11.1. The number of nitrogens with two attached hydrogens (primary N) is 1. The average molecular weight is 316 g/mol. The van der Waals surface area contributed by atoms with Crippen LogP contribution in [0.1, 0.15) is 13.3 Å². The van der Waals surface area contributed by atoms with Crippen LogP contribution in [0, 0.1) is 0 Å². The Kier molecular flexibility index (Phi) is 4.29. The van der Waals surface area contributed by atoms with Crippen LogP contribution in [0.2, 0.25) is 0 Å². The van der Waals surface area contributed by atoms with Crippen LogP contribution in [0.15, 0.2) is 35.4 Å². The highest BCUT2D eigenvalue weighted by atomic mass is 16.5. The van der Waals surface area contributed by atoms with E-state index in [0.29, 0.717) is 25.5 Å². The minimum absolute atomic E-state index is 0.00301. The van der Waals surface area contributed by atoms with Crippen LogP contribution < -0.4 is 10.7 Å². The highest BCUT2D eigenvalue weighted by Gasteiger charge is 2.37. The lowest BCUT2D eigenvalue weighted by molar-refractivity contribution is -0.131. The van der Waals surface area contributed by atoms with Crippen molar-refractivity contribution in [3.8, 4) is 0 Å². The van der Waals surface area contributed by atoms with Gasteiger partial charge in [-0.2, -0.15) is 5.10 Å². The monoisotopic (exact) mass is 316 g/mol. The van der Waals surface area contributed by atoms with Gasteiger partial charge in [0.05, 0.1) is 24.9 Å². The predicted molar refractivity (Wildman–Crippen MR) is 85.9 cm³/mol. The molecule has 1 saturated heterocycles. The maximum atomic E-state index is 12.7. The molecule has 0 aliphatic carbocycles. The third-order valence-electron chi connectivity index (χ3n) is 4.13. The summed E-state index contributed by atoms with van der Waals surface area (Å²) in [6, 6.07) is 8.63. The first kappa shape index (κ1) is 15.5. The van der Waals surface area contributed by atoms with Gasteiger partial charge in [0.1, 0.15) is 11.8 Å². The molecule has 23 heavy (non-hydrogen) atoms. The van der Waals surface area contributed by atoms with Gasteiger partial charge in [-0.3, -0.25) is 14.6 Å². The number of benzene rings is 1. The van der Waals surface area contributed by atoms with Crippen LogP contribution in [0.4, 0.5) is 5.69 Å². The van der Waals surface area contributed by atoms with E-state index in [4.69, 9.17) is 10.5 Å². The van der Waals surface area contributed by atoms with Crippen molar-refractivity contribution in [2.75, 3.05) is 24.8 Å². The number of hydrogen-bond acceptors (Lipinski definition) is 5. The Balaban J connectivity index is 1.85. The number of para-hydroxylation sites is 1. The first-order valence-corrected chi connectivity index (χ1v) is 7.67. The van der Waals surface area contributed by atoms with Crippen molar-refractivity contribution in [3.05, 3.63) is 30.3 Å². The average Bonchev–Trinajstić information content (AvgIpc) is 3.01. The van der Waals surface area contributed by atoms with Crippen LogP contribution in [0.5, 0.6) is 0 Å². The van der Waals surface area contributed by atoms with Crippen molar-refractivity contribution in [2.45, 2.75) is 25.4 Å². The Morgan fingerprint density at radius 3 is 2.70 bits per heavy atom. The molecule has 1 fully saturated rings. The summed E-state index contributed by atoms with van der Waals surface area (Å²) in [6.07, 6.45) is 0.229. The minimum Gasteiger partial charge on any atom is -0.377 e. The first-order valence-electron chi connectivity index (χ1n) is 7.67. The van der Waals surface area contributed by atoms with Gasteiger partial charge in [0.2, 0.25) is 5.91 Å². The second kappa shape index (κ2) is 6.37. The summed E-state index contributed by atoms with van der Waals surface area (Å²) < 4.78 is 5.36. The molecule has 7 nitrogen and oxygen atoms in total. The SMILES string of the molecule is C[C@@H]1COCCN1C(=O)C1=NN(c2ccccc2)[C@H](C(N)=O)C1. The predicted octanol–water partition coefficient (Wildman–Crippen LogP) is 0.354. The molecule has 122 valence electrons. The highest BCUT2D eigenvalue weighted by molar-refractivity contribution is 6.40. The maximum absolute atomic E-state index is 12.7. The van der Waals surface area contributed by atoms with Crippen molar-refractivity contribution in [2.24, 2.45) is 10.8 Å². The Morgan fingerprint density at radius 1 is 1.30 bits per heavy atom. The molecule has 0 unspecified atom stereocenters. The molecule has 0 spiro atoms. The lowest BCUT2D eigenvalue weighted by Crippen LogP contribution is -2.49. The molecule has 0 bridgehead atoms. The largest absolute Gasteiger partial charge is 0.377 e. The van der Waals surface area contributed by atoms with Crippen LogP contribution >= 0.6 is 0 Å². The molecule has 2 amide bonds. The zero-order valence-corrected chi connectivity index (χ0v) is 13.0. The lowest BCUT2D eigenvalue weighted by Gasteiger charge is -2.33. The summed E-state index contributed by atoms with van der Waals surface area (Å²) in [6.45, 7) is 3.50. The molecule has 2 N–H and O–H groups in total. The summed E-state index contributed by atoms with van der Waals surface area (Å²) in [4.78, 5) is 26.2. The van der Waals surface area contributed by atoms with Crippen molar-refractivity contribution >= 4 is 23.2 Å². The Morgan fingerprint density at radius 2 is 2.04 bits per heavy atom. The third kappa shape index (κ3) is 3.05. The third-order valence-corrected chi connectivity index (χ3v) is 4.13. The smallest absolute Gasteiger partial charge is 0.270 e. The number of ether oxygens (including phenoxy) is 1. The van der Waals surface area contributed by atoms with E-state index in [1.807, 2.05) is 37.3 Å². The quantitative estimate of drug-likeness (QED) is 0.872. The normalized spacial score (nSPS) is 24.5. The van der Waals surface area contributed by atoms with E-state index in [1.54, 1.807) is 9.91 Å². The Bertz CT molecular complexity index is 631. The zero-order chi connectivity index (χ0) is 16.4. The van der Waals surface area contributed by atoms with E-state index in [9.17, 15) is 9.59 Å². The van der Waals surface area contributed by atoms with E-state index in [0.717, 1.165) is 5.69 Å². The molecule has 1 aromatic carbocycles. The minimum atomic E-state index is -0.632. The second-order valence-corrected chi connectivity index (χ2v) is 5.77. The molecule has 0 aromatic heterocycles. The van der Waals surface area contributed by atoms with Crippen molar-refractivity contribution in [1.82, 2.24) is 4.90 Å². The van der Waals surface area contributed by atoms with E-state index >= 15 is 0 Å². The molecule has 1 aromatic rings. The van der Waals surface area contributed by atoms with Gasteiger partial charge in [-0.05, 0) is 19.1 Å². The number of amides is 2. The number of anilines is 1. The maximum Gasteiger partial charge on any atom is 0.270 e. The van der Waals surface area contributed by atoms with Crippen molar-refractivity contribution in [1.29, 1.82) is 0 Å². The number of morpholine rings is 1. The molecular formula is C16H20N4O3. The van der Waals surface area contributed by atoms with E-state index in [2.05, 4.69) is 5.10 Å². The number of hydrogen-bond donors (Lipinski definition) is 1. The molecule has 2 atom stereocenters. The van der Waals surface area contributed by atoms with Gasteiger partial charge < -0.3 is 15.4 Å². The van der Waals surface area contributed by atoms with E-state index < -0.39 is 11.9 Å². The van der Waals surface area contributed by atoms with Gasteiger partial charge >= 0.3 is 0 Å². The van der Waals surface area contributed by atoms with Crippen LogP contribution in [-0.2, 0) is 14.3 Å². The van der Waals surface area contributed by atoms with E-state index in [1.165, 1.54) is 0 Å². The summed E-state index contributed by atoms with van der Waals surface area (Å²) in [5.41, 5.74) is 6.61. The van der Waals surface area contributed by atoms with Crippen LogP contribution in [-0.4, -0.2) is 54.3 Å². The van der Waals surface area contributed by atoms with Crippen LogP contribution in [0.25, 0.3) is 0 Å². The molecule has 0 radical (unpaired) electrons. The molecule has 7 heteroatoms. The van der Waals surface area contributed by atoms with Gasteiger partial charge in [-0.25, -0.2) is 0 Å². The highest BCUT2D eigenvalue weighted by Crippen LogP contribution is 2.25. The summed E-state index contributed by atoms with van der Waals surface area (Å²) in [7, 11) is 0. The molecule has 2 aliphatic heterocycles. The Hall–Kier alpha value is -2.41. The number of primary amides is 1. The van der Waals surface area contributed by atoms with Gasteiger partial charge in [-0.15, -0.1) is 0 Å². The number of carbonyl (C=O) groups excluding carboxylic acids is 2. The summed E-state index contributed by atoms with van der Waals surface area (Å²) >= 11 is 0. The van der Waals surface area contributed by atoms with Gasteiger partial charge in [0, 0.05) is 13.0 Å². The second-order valence-electron chi connectivity index (χ2n) is 5.77. The van der Waals surface area contributed by atoms with Gasteiger partial charge in [0.25, 0.3) is 5.91 Å². The molecular weight excluding hydrogens is 296 g/mol. The number of carbonyl (C=O) groups is 2. The number of rotatable bonds is 3. The fraction of sp³-hybridized carbons (Fsp3) is 0.438. The Labute approximate surface area is 134 Å². The van der Waals surface area contributed by atoms with Crippen LogP contribution in [0.3, 0.4) is 0 Å². The zero-order valence-electron chi connectivity index (χ0n) is 13.0. The standard InChI is InChI=1S/C16H20N4O3/c1-11-10-23-8-7-19(11)16(22)13-9-14(15(17)21)20(18-13)12-5-3-2-4-6-12/h2-6,11,14H,7-10H2,1H3,(H2,17,21)/t11-,14+/m1/s1. The number of hydrazone groups is 1.